The lowest BCUT2D eigenvalue weighted by atomic mass is 10.1. The van der Waals surface area contributed by atoms with E-state index in [9.17, 15) is 13.2 Å². The van der Waals surface area contributed by atoms with Gasteiger partial charge in [0.15, 0.2) is 0 Å². The summed E-state index contributed by atoms with van der Waals surface area (Å²) in [6.45, 7) is 6.12. The van der Waals surface area contributed by atoms with Gasteiger partial charge in [-0.2, -0.15) is 0 Å². The molecule has 2 N–H and O–H groups in total. The standard InChI is InChI=1S/C22H30N2O5S/c1-16(2)15-24(30(27,28)21-13-11-20(29-4)12-14-21)19-9-7-18(8-10-19)6-5-17(3)23-22(25)26/h7-14,16-17,23H,5-6,15H2,1-4H3,(H,25,26). The Labute approximate surface area is 178 Å². The van der Waals surface area contributed by atoms with Crippen LogP contribution in [0.4, 0.5) is 10.5 Å². The van der Waals surface area contributed by atoms with Crippen molar-refractivity contribution in [2.45, 2.75) is 44.6 Å². The molecule has 0 aliphatic rings. The van der Waals surface area contributed by atoms with Gasteiger partial charge in [-0.05, 0) is 67.6 Å². The summed E-state index contributed by atoms with van der Waals surface area (Å²) >= 11 is 0. The average molecular weight is 435 g/mol. The third kappa shape index (κ3) is 6.38. The number of methoxy groups -OCH3 is 1. The lowest BCUT2D eigenvalue weighted by molar-refractivity contribution is 0.190. The van der Waals surface area contributed by atoms with E-state index >= 15 is 0 Å². The summed E-state index contributed by atoms with van der Waals surface area (Å²) in [5.41, 5.74) is 1.61. The Morgan fingerprint density at radius 3 is 2.17 bits per heavy atom. The Bertz CT molecular complexity index is 925. The molecule has 8 heteroatoms. The molecular weight excluding hydrogens is 404 g/mol. The van der Waals surface area contributed by atoms with Crippen LogP contribution in [0, 0.1) is 5.92 Å². The third-order valence-electron chi connectivity index (χ3n) is 4.64. The molecule has 0 radical (unpaired) electrons. The van der Waals surface area contributed by atoms with Crippen molar-refractivity contribution in [3.8, 4) is 5.75 Å². The Morgan fingerprint density at radius 1 is 1.07 bits per heavy atom. The van der Waals surface area contributed by atoms with Crippen molar-refractivity contribution in [3.05, 3.63) is 54.1 Å². The minimum atomic E-state index is -3.72. The van der Waals surface area contributed by atoms with E-state index in [1.54, 1.807) is 36.4 Å². The predicted molar refractivity (Wildman–Crippen MR) is 118 cm³/mol. The number of nitrogens with zero attached hydrogens (tertiary/aromatic N) is 1. The lowest BCUT2D eigenvalue weighted by Gasteiger charge is -2.26. The van der Waals surface area contributed by atoms with Crippen molar-refractivity contribution in [2.75, 3.05) is 18.0 Å². The van der Waals surface area contributed by atoms with Crippen molar-refractivity contribution < 1.29 is 23.1 Å². The molecule has 30 heavy (non-hydrogen) atoms. The Balaban J connectivity index is 2.22. The summed E-state index contributed by atoms with van der Waals surface area (Å²) in [5, 5.41) is 11.2. The third-order valence-corrected chi connectivity index (χ3v) is 6.45. The second-order valence-electron chi connectivity index (χ2n) is 7.66. The van der Waals surface area contributed by atoms with Crippen LogP contribution < -0.4 is 14.4 Å². The van der Waals surface area contributed by atoms with E-state index in [1.807, 2.05) is 32.9 Å². The Kier molecular flexibility index (Phi) is 8.11. The number of aryl methyl sites for hydroxylation is 1. The first-order valence-corrected chi connectivity index (χ1v) is 11.3. The Morgan fingerprint density at radius 2 is 1.67 bits per heavy atom. The van der Waals surface area contributed by atoms with Gasteiger partial charge in [-0.3, -0.25) is 4.31 Å². The molecule has 7 nitrogen and oxygen atoms in total. The molecule has 1 amide bonds. The molecule has 1 unspecified atom stereocenters. The van der Waals surface area contributed by atoms with Crippen LogP contribution in [-0.2, 0) is 16.4 Å². The molecule has 2 aromatic carbocycles. The molecule has 0 bridgehead atoms. The second-order valence-corrected chi connectivity index (χ2v) is 9.52. The van der Waals surface area contributed by atoms with Crippen molar-refractivity contribution in [1.82, 2.24) is 5.32 Å². The van der Waals surface area contributed by atoms with Crippen LogP contribution in [-0.4, -0.2) is 39.3 Å². The SMILES string of the molecule is COc1ccc(S(=O)(=O)N(CC(C)C)c2ccc(CCC(C)NC(=O)O)cc2)cc1. The molecule has 2 aromatic rings. The fraction of sp³-hybridized carbons (Fsp3) is 0.409. The van der Waals surface area contributed by atoms with E-state index in [2.05, 4.69) is 5.32 Å². The molecule has 0 aliphatic heterocycles. The largest absolute Gasteiger partial charge is 0.497 e. The maximum atomic E-state index is 13.3. The van der Waals surface area contributed by atoms with Crippen LogP contribution in [0.3, 0.4) is 0 Å². The number of benzene rings is 2. The molecule has 0 aliphatic carbocycles. The van der Waals surface area contributed by atoms with Crippen LogP contribution >= 0.6 is 0 Å². The molecular formula is C22H30N2O5S. The number of ether oxygens (including phenoxy) is 1. The molecule has 0 saturated carbocycles. The van der Waals surface area contributed by atoms with E-state index in [1.165, 1.54) is 11.4 Å². The highest BCUT2D eigenvalue weighted by molar-refractivity contribution is 7.92. The average Bonchev–Trinajstić information content (AvgIpc) is 2.70. The van der Waals surface area contributed by atoms with Gasteiger partial charge in [-0.15, -0.1) is 0 Å². The maximum absolute atomic E-state index is 13.3. The van der Waals surface area contributed by atoms with Gasteiger partial charge in [0, 0.05) is 12.6 Å². The fourth-order valence-electron chi connectivity index (χ4n) is 3.04. The van der Waals surface area contributed by atoms with Crippen LogP contribution in [0.1, 0.15) is 32.8 Å². The summed E-state index contributed by atoms with van der Waals surface area (Å²) in [6.07, 6.45) is 0.314. The van der Waals surface area contributed by atoms with E-state index in [4.69, 9.17) is 9.84 Å². The number of hydrogen-bond acceptors (Lipinski definition) is 4. The van der Waals surface area contributed by atoms with Gasteiger partial charge in [-0.25, -0.2) is 13.2 Å². The highest BCUT2D eigenvalue weighted by Gasteiger charge is 2.25. The summed E-state index contributed by atoms with van der Waals surface area (Å²) < 4.78 is 33.1. The molecule has 0 fully saturated rings. The first-order valence-electron chi connectivity index (χ1n) is 9.88. The molecule has 164 valence electrons. The van der Waals surface area contributed by atoms with Gasteiger partial charge < -0.3 is 15.2 Å². The van der Waals surface area contributed by atoms with Gasteiger partial charge in [0.2, 0.25) is 0 Å². The zero-order valence-electron chi connectivity index (χ0n) is 17.8. The van der Waals surface area contributed by atoms with E-state index in [0.29, 0.717) is 30.8 Å². The number of sulfonamides is 1. The number of carbonyl (C=O) groups is 1. The van der Waals surface area contributed by atoms with E-state index in [0.717, 1.165) is 5.56 Å². The number of carboxylic acid groups (broad SMARTS) is 1. The van der Waals surface area contributed by atoms with Crippen LogP contribution in [0.25, 0.3) is 0 Å². The molecule has 0 saturated heterocycles. The number of amides is 1. The monoisotopic (exact) mass is 434 g/mol. The normalized spacial score (nSPS) is 12.4. The minimum Gasteiger partial charge on any atom is -0.497 e. The van der Waals surface area contributed by atoms with Crippen LogP contribution in [0.5, 0.6) is 5.75 Å². The highest BCUT2D eigenvalue weighted by Crippen LogP contribution is 2.27. The smallest absolute Gasteiger partial charge is 0.404 e. The zero-order valence-corrected chi connectivity index (χ0v) is 18.6. The number of rotatable bonds is 10. The lowest BCUT2D eigenvalue weighted by Crippen LogP contribution is -2.34. The number of hydrogen-bond donors (Lipinski definition) is 2. The fourth-order valence-corrected chi connectivity index (χ4v) is 4.67. The van der Waals surface area contributed by atoms with Crippen molar-refractivity contribution in [1.29, 1.82) is 0 Å². The summed E-state index contributed by atoms with van der Waals surface area (Å²) in [6, 6.07) is 13.6. The van der Waals surface area contributed by atoms with E-state index < -0.39 is 16.1 Å². The Hall–Kier alpha value is -2.74. The van der Waals surface area contributed by atoms with Gasteiger partial charge in [0.25, 0.3) is 10.0 Å². The molecule has 0 heterocycles. The molecule has 2 rings (SSSR count). The van der Waals surface area contributed by atoms with Gasteiger partial charge >= 0.3 is 6.09 Å². The van der Waals surface area contributed by atoms with Crippen molar-refractivity contribution in [2.24, 2.45) is 5.92 Å². The van der Waals surface area contributed by atoms with Gasteiger partial charge in [-0.1, -0.05) is 26.0 Å². The molecule has 0 spiro atoms. The summed E-state index contributed by atoms with van der Waals surface area (Å²) in [4.78, 5) is 10.9. The van der Waals surface area contributed by atoms with Gasteiger partial charge in [0.05, 0.1) is 17.7 Å². The number of anilines is 1. The van der Waals surface area contributed by atoms with Crippen molar-refractivity contribution in [3.63, 3.8) is 0 Å². The molecule has 0 aromatic heterocycles. The predicted octanol–water partition coefficient (Wildman–Crippen LogP) is 4.14. The number of nitrogens with one attached hydrogen (secondary N) is 1. The second kappa shape index (κ2) is 10.3. The van der Waals surface area contributed by atoms with E-state index in [-0.39, 0.29) is 16.9 Å². The quantitative estimate of drug-likeness (QED) is 0.586. The first kappa shape index (κ1) is 23.5. The summed E-state index contributed by atoms with van der Waals surface area (Å²) in [7, 11) is -2.19. The zero-order chi connectivity index (χ0) is 22.3. The van der Waals surface area contributed by atoms with Crippen molar-refractivity contribution >= 4 is 21.8 Å². The van der Waals surface area contributed by atoms with Crippen LogP contribution in [0.2, 0.25) is 0 Å². The van der Waals surface area contributed by atoms with Gasteiger partial charge in [0.1, 0.15) is 5.75 Å². The maximum Gasteiger partial charge on any atom is 0.404 e. The minimum absolute atomic E-state index is 0.139. The topological polar surface area (TPSA) is 95.9 Å². The molecule has 1 atom stereocenters. The summed E-state index contributed by atoms with van der Waals surface area (Å²) in [5.74, 6) is 0.737. The first-order chi connectivity index (χ1) is 14.1. The van der Waals surface area contributed by atoms with Crippen LogP contribution in [0.15, 0.2) is 53.4 Å². The highest BCUT2D eigenvalue weighted by atomic mass is 32.2.